The second kappa shape index (κ2) is 5.86. The van der Waals surface area contributed by atoms with E-state index in [0.717, 1.165) is 17.1 Å². The quantitative estimate of drug-likeness (QED) is 0.714. The molecule has 0 aliphatic carbocycles. The minimum absolute atomic E-state index is 0.0140. The number of alkyl halides is 1. The Morgan fingerprint density at radius 2 is 1.73 bits per heavy atom. The van der Waals surface area contributed by atoms with E-state index in [1.54, 1.807) is 0 Å². The van der Waals surface area contributed by atoms with Gasteiger partial charge in [0.2, 0.25) is 0 Å². The number of ether oxygens (including phenoxy) is 2. The van der Waals surface area contributed by atoms with Gasteiger partial charge >= 0.3 is 0 Å². The van der Waals surface area contributed by atoms with Gasteiger partial charge in [-0.1, -0.05) is 6.07 Å². The molecule has 15 heavy (non-hydrogen) atoms. The monoisotopic (exact) mass is 228 g/mol. The molecule has 1 unspecified atom stereocenters. The van der Waals surface area contributed by atoms with E-state index in [-0.39, 0.29) is 5.38 Å². The van der Waals surface area contributed by atoms with Crippen LogP contribution in [-0.2, 0) is 0 Å². The molecule has 0 aliphatic rings. The number of hydrogen-bond donors (Lipinski definition) is 0. The van der Waals surface area contributed by atoms with Gasteiger partial charge in [-0.25, -0.2) is 0 Å². The van der Waals surface area contributed by atoms with Crippen molar-refractivity contribution < 1.29 is 9.47 Å². The molecule has 0 bridgehead atoms. The molecule has 0 aromatic heterocycles. The van der Waals surface area contributed by atoms with Gasteiger partial charge in [0, 0.05) is 0 Å². The lowest BCUT2D eigenvalue weighted by Crippen LogP contribution is -1.99. The molecule has 1 atom stereocenters. The Labute approximate surface area is 96.2 Å². The predicted octanol–water partition coefficient (Wildman–Crippen LogP) is 3.78. The maximum absolute atomic E-state index is 6.01. The number of halogens is 1. The highest BCUT2D eigenvalue weighted by molar-refractivity contribution is 6.20. The highest BCUT2D eigenvalue weighted by atomic mass is 35.5. The summed E-state index contributed by atoms with van der Waals surface area (Å²) in [5.74, 6) is 1.55. The fourth-order valence-corrected chi connectivity index (χ4v) is 1.45. The van der Waals surface area contributed by atoms with E-state index in [9.17, 15) is 0 Å². The molecule has 0 saturated heterocycles. The maximum atomic E-state index is 6.01. The molecule has 3 heteroatoms. The van der Waals surface area contributed by atoms with Crippen molar-refractivity contribution in [1.29, 1.82) is 0 Å². The molecule has 2 nitrogen and oxygen atoms in total. The molecule has 84 valence electrons. The average molecular weight is 229 g/mol. The summed E-state index contributed by atoms with van der Waals surface area (Å²) in [6.07, 6.45) is 0. The molecule has 0 N–H and O–H groups in total. The third kappa shape index (κ3) is 3.31. The Balaban J connectivity index is 2.97. The standard InChI is InChI=1S/C12H17ClO2/c1-4-14-11-7-6-10(9(3)13)8-12(11)15-5-2/h6-9H,4-5H2,1-3H3. The maximum Gasteiger partial charge on any atom is 0.161 e. The number of benzene rings is 1. The summed E-state index contributed by atoms with van der Waals surface area (Å²) in [5, 5.41) is -0.0140. The Morgan fingerprint density at radius 3 is 2.27 bits per heavy atom. The van der Waals surface area contributed by atoms with Crippen molar-refractivity contribution in [3.8, 4) is 11.5 Å². The van der Waals surface area contributed by atoms with Crippen LogP contribution in [0.3, 0.4) is 0 Å². The van der Waals surface area contributed by atoms with Crippen molar-refractivity contribution in [3.05, 3.63) is 23.8 Å². The summed E-state index contributed by atoms with van der Waals surface area (Å²) in [4.78, 5) is 0. The third-order valence-corrected chi connectivity index (χ3v) is 2.28. The predicted molar refractivity (Wildman–Crippen MR) is 63.0 cm³/mol. The first kappa shape index (κ1) is 12.2. The topological polar surface area (TPSA) is 18.5 Å². The van der Waals surface area contributed by atoms with Crippen molar-refractivity contribution >= 4 is 11.6 Å². The second-order valence-electron chi connectivity index (χ2n) is 3.19. The minimum Gasteiger partial charge on any atom is -0.490 e. The van der Waals surface area contributed by atoms with E-state index in [4.69, 9.17) is 21.1 Å². The third-order valence-electron chi connectivity index (χ3n) is 2.03. The van der Waals surface area contributed by atoms with Crippen LogP contribution in [0.1, 0.15) is 31.7 Å². The van der Waals surface area contributed by atoms with Crippen molar-refractivity contribution in [3.63, 3.8) is 0 Å². The van der Waals surface area contributed by atoms with Crippen LogP contribution < -0.4 is 9.47 Å². The van der Waals surface area contributed by atoms with Crippen molar-refractivity contribution in [1.82, 2.24) is 0 Å². The van der Waals surface area contributed by atoms with Crippen LogP contribution in [0.25, 0.3) is 0 Å². The highest BCUT2D eigenvalue weighted by Gasteiger charge is 2.08. The van der Waals surface area contributed by atoms with Crippen LogP contribution in [0.2, 0.25) is 0 Å². The molecule has 0 amide bonds. The fourth-order valence-electron chi connectivity index (χ4n) is 1.32. The zero-order valence-corrected chi connectivity index (χ0v) is 10.2. The Hall–Kier alpha value is -0.890. The van der Waals surface area contributed by atoms with E-state index in [0.29, 0.717) is 13.2 Å². The molecule has 1 rings (SSSR count). The molecule has 1 aromatic carbocycles. The summed E-state index contributed by atoms with van der Waals surface area (Å²) in [5.41, 5.74) is 1.04. The van der Waals surface area contributed by atoms with Gasteiger partial charge in [0.25, 0.3) is 0 Å². The van der Waals surface area contributed by atoms with Crippen LogP contribution in [0, 0.1) is 0 Å². The Bertz CT molecular complexity index is 310. The molecular weight excluding hydrogens is 212 g/mol. The van der Waals surface area contributed by atoms with E-state index in [1.165, 1.54) is 0 Å². The largest absolute Gasteiger partial charge is 0.490 e. The Morgan fingerprint density at radius 1 is 1.13 bits per heavy atom. The normalized spacial score (nSPS) is 12.3. The molecule has 0 fully saturated rings. The van der Waals surface area contributed by atoms with Crippen molar-refractivity contribution in [2.45, 2.75) is 26.1 Å². The lowest BCUT2D eigenvalue weighted by Gasteiger charge is -2.13. The first-order valence-electron chi connectivity index (χ1n) is 5.22. The van der Waals surface area contributed by atoms with Gasteiger partial charge in [-0.3, -0.25) is 0 Å². The van der Waals surface area contributed by atoms with Crippen LogP contribution in [0.15, 0.2) is 18.2 Å². The van der Waals surface area contributed by atoms with E-state index >= 15 is 0 Å². The van der Waals surface area contributed by atoms with Crippen LogP contribution in [-0.4, -0.2) is 13.2 Å². The van der Waals surface area contributed by atoms with E-state index in [1.807, 2.05) is 39.0 Å². The molecule has 0 heterocycles. The van der Waals surface area contributed by atoms with Gasteiger partial charge in [0.05, 0.1) is 18.6 Å². The summed E-state index contributed by atoms with van der Waals surface area (Å²) >= 11 is 6.01. The minimum atomic E-state index is -0.0140. The lowest BCUT2D eigenvalue weighted by molar-refractivity contribution is 0.287. The summed E-state index contributed by atoms with van der Waals surface area (Å²) < 4.78 is 11.0. The molecular formula is C12H17ClO2. The first-order chi connectivity index (χ1) is 7.19. The van der Waals surface area contributed by atoms with Gasteiger partial charge in [-0.2, -0.15) is 0 Å². The zero-order chi connectivity index (χ0) is 11.3. The van der Waals surface area contributed by atoms with E-state index in [2.05, 4.69) is 0 Å². The van der Waals surface area contributed by atoms with Crippen LogP contribution >= 0.6 is 11.6 Å². The first-order valence-corrected chi connectivity index (χ1v) is 5.66. The number of hydrogen-bond acceptors (Lipinski definition) is 2. The molecule has 0 spiro atoms. The van der Waals surface area contributed by atoms with Crippen LogP contribution in [0.5, 0.6) is 11.5 Å². The summed E-state index contributed by atoms with van der Waals surface area (Å²) in [7, 11) is 0. The Kier molecular flexibility index (Phi) is 4.76. The zero-order valence-electron chi connectivity index (χ0n) is 9.42. The SMILES string of the molecule is CCOc1ccc(C(C)Cl)cc1OCC. The highest BCUT2D eigenvalue weighted by Crippen LogP contribution is 2.32. The van der Waals surface area contributed by atoms with E-state index < -0.39 is 0 Å². The van der Waals surface area contributed by atoms with Gasteiger partial charge in [0.1, 0.15) is 0 Å². The molecule has 0 saturated carbocycles. The van der Waals surface area contributed by atoms with Crippen molar-refractivity contribution in [2.75, 3.05) is 13.2 Å². The van der Waals surface area contributed by atoms with Crippen molar-refractivity contribution in [2.24, 2.45) is 0 Å². The van der Waals surface area contributed by atoms with Crippen LogP contribution in [0.4, 0.5) is 0 Å². The summed E-state index contributed by atoms with van der Waals surface area (Å²) in [6, 6.07) is 5.81. The van der Waals surface area contributed by atoms with Gasteiger partial charge in [-0.05, 0) is 38.5 Å². The second-order valence-corrected chi connectivity index (χ2v) is 3.84. The molecule has 0 aliphatic heterocycles. The van der Waals surface area contributed by atoms with Gasteiger partial charge in [0.15, 0.2) is 11.5 Å². The summed E-state index contributed by atoms with van der Waals surface area (Å²) in [6.45, 7) is 7.10. The molecule has 1 aromatic rings. The average Bonchev–Trinajstić information content (AvgIpc) is 2.21. The molecule has 0 radical (unpaired) electrons. The fraction of sp³-hybridized carbons (Fsp3) is 0.500. The van der Waals surface area contributed by atoms with Gasteiger partial charge < -0.3 is 9.47 Å². The lowest BCUT2D eigenvalue weighted by atomic mass is 10.1. The number of rotatable bonds is 5. The van der Waals surface area contributed by atoms with Gasteiger partial charge in [-0.15, -0.1) is 11.6 Å². The smallest absolute Gasteiger partial charge is 0.161 e.